The number of hydrogen-bond acceptors (Lipinski definition) is 3. The van der Waals surface area contributed by atoms with Crippen LogP contribution in [-0.4, -0.2) is 47.4 Å². The zero-order valence-electron chi connectivity index (χ0n) is 13.2. The topological polar surface area (TPSA) is 77.9 Å². The van der Waals surface area contributed by atoms with Gasteiger partial charge >= 0.3 is 5.97 Å². The lowest BCUT2D eigenvalue weighted by Crippen LogP contribution is -2.45. The van der Waals surface area contributed by atoms with Crippen LogP contribution in [0, 0.1) is 11.8 Å². The number of halogens is 1. The van der Waals surface area contributed by atoms with Gasteiger partial charge in [0.1, 0.15) is 0 Å². The molecule has 0 radical (unpaired) electrons. The molecule has 3 rings (SSSR count). The molecule has 2 fully saturated rings. The van der Waals surface area contributed by atoms with E-state index in [1.54, 1.807) is 34.1 Å². The molecule has 0 aromatic heterocycles. The number of carboxylic acid groups (broad SMARTS) is 1. The molecule has 0 spiro atoms. The third kappa shape index (κ3) is 3.38. The first kappa shape index (κ1) is 16.8. The zero-order valence-corrected chi connectivity index (χ0v) is 13.9. The Kier molecular flexibility index (Phi) is 4.76. The first-order valence-corrected chi connectivity index (χ1v) is 8.41. The van der Waals surface area contributed by atoms with Crippen molar-refractivity contribution in [3.05, 3.63) is 29.3 Å². The van der Waals surface area contributed by atoms with E-state index in [0.29, 0.717) is 31.0 Å². The molecule has 1 aromatic carbocycles. The molecular weight excluding hydrogens is 332 g/mol. The van der Waals surface area contributed by atoms with Crippen molar-refractivity contribution in [3.8, 4) is 0 Å². The van der Waals surface area contributed by atoms with E-state index < -0.39 is 17.8 Å². The zero-order chi connectivity index (χ0) is 17.3. The molecule has 2 aliphatic rings. The predicted octanol–water partition coefficient (Wildman–Crippen LogP) is 2.02. The molecule has 1 aromatic rings. The van der Waals surface area contributed by atoms with Crippen LogP contribution in [0.15, 0.2) is 24.3 Å². The van der Waals surface area contributed by atoms with E-state index in [-0.39, 0.29) is 24.8 Å². The fourth-order valence-electron chi connectivity index (χ4n) is 3.38. The first-order chi connectivity index (χ1) is 11.5. The lowest BCUT2D eigenvalue weighted by atomic mass is 9.96. The molecule has 7 heteroatoms. The molecule has 2 amide bonds. The second kappa shape index (κ2) is 6.81. The van der Waals surface area contributed by atoms with E-state index in [9.17, 15) is 14.4 Å². The molecule has 0 aliphatic carbocycles. The van der Waals surface area contributed by atoms with Crippen molar-refractivity contribution in [2.24, 2.45) is 11.8 Å². The maximum absolute atomic E-state index is 12.7. The number of carbonyl (C=O) groups is 3. The van der Waals surface area contributed by atoms with Crippen molar-refractivity contribution in [1.29, 1.82) is 0 Å². The lowest BCUT2D eigenvalue weighted by Gasteiger charge is -2.32. The fraction of sp³-hybridized carbons (Fsp3) is 0.471. The molecule has 2 aliphatic heterocycles. The quantitative estimate of drug-likeness (QED) is 0.904. The van der Waals surface area contributed by atoms with Crippen LogP contribution < -0.4 is 4.90 Å². The number of amides is 2. The van der Waals surface area contributed by atoms with Gasteiger partial charge in [-0.25, -0.2) is 0 Å². The minimum Gasteiger partial charge on any atom is -0.481 e. The van der Waals surface area contributed by atoms with Gasteiger partial charge in [-0.1, -0.05) is 11.6 Å². The standard InChI is InChI=1S/C17H19ClN2O4/c18-13-3-5-14(6-4-13)20-10-12(8-15(20)21)16(22)19-7-1-2-11(9-19)17(23)24/h3-6,11-12H,1-2,7-10H2,(H,23,24)/t11-,12-/m0/s1. The third-order valence-electron chi connectivity index (χ3n) is 4.69. The van der Waals surface area contributed by atoms with Crippen molar-refractivity contribution in [1.82, 2.24) is 4.90 Å². The Balaban J connectivity index is 1.67. The number of nitrogens with zero attached hydrogens (tertiary/aromatic N) is 2. The summed E-state index contributed by atoms with van der Waals surface area (Å²) in [5.74, 6) is -2.00. The van der Waals surface area contributed by atoms with Gasteiger partial charge in [-0.05, 0) is 37.1 Å². The molecule has 24 heavy (non-hydrogen) atoms. The molecule has 2 heterocycles. The Morgan fingerprint density at radius 1 is 1.12 bits per heavy atom. The highest BCUT2D eigenvalue weighted by atomic mass is 35.5. The smallest absolute Gasteiger partial charge is 0.308 e. The molecule has 2 saturated heterocycles. The Labute approximate surface area is 145 Å². The fourth-order valence-corrected chi connectivity index (χ4v) is 3.51. The number of likely N-dealkylation sites (tertiary alicyclic amines) is 1. The molecule has 1 N–H and O–H groups in total. The molecular formula is C17H19ClN2O4. The molecule has 0 bridgehead atoms. The van der Waals surface area contributed by atoms with Crippen LogP contribution in [-0.2, 0) is 14.4 Å². The van der Waals surface area contributed by atoms with E-state index >= 15 is 0 Å². The van der Waals surface area contributed by atoms with Gasteiger partial charge in [0, 0.05) is 36.8 Å². The minimum absolute atomic E-state index is 0.0949. The Morgan fingerprint density at radius 2 is 1.83 bits per heavy atom. The van der Waals surface area contributed by atoms with Crippen LogP contribution >= 0.6 is 11.6 Å². The third-order valence-corrected chi connectivity index (χ3v) is 4.95. The summed E-state index contributed by atoms with van der Waals surface area (Å²) in [5.41, 5.74) is 0.724. The average Bonchev–Trinajstić information content (AvgIpc) is 2.97. The number of anilines is 1. The van der Waals surface area contributed by atoms with Gasteiger partial charge < -0.3 is 14.9 Å². The van der Waals surface area contributed by atoms with E-state index in [1.165, 1.54) is 0 Å². The van der Waals surface area contributed by atoms with Crippen molar-refractivity contribution in [2.75, 3.05) is 24.5 Å². The summed E-state index contributed by atoms with van der Waals surface area (Å²) in [4.78, 5) is 39.3. The SMILES string of the molecule is O=C(O)[C@H]1CCCN(C(=O)[C@H]2CC(=O)N(c3ccc(Cl)cc3)C2)C1. The largest absolute Gasteiger partial charge is 0.481 e. The predicted molar refractivity (Wildman–Crippen MR) is 88.9 cm³/mol. The Hall–Kier alpha value is -2.08. The lowest BCUT2D eigenvalue weighted by molar-refractivity contribution is -0.146. The highest BCUT2D eigenvalue weighted by Gasteiger charge is 2.39. The number of piperidine rings is 1. The summed E-state index contributed by atoms with van der Waals surface area (Å²) in [6.45, 7) is 1.13. The number of carboxylic acids is 1. The average molecular weight is 351 g/mol. The summed E-state index contributed by atoms with van der Waals surface area (Å²) in [7, 11) is 0. The number of hydrogen-bond donors (Lipinski definition) is 1. The second-order valence-electron chi connectivity index (χ2n) is 6.34. The van der Waals surface area contributed by atoms with Crippen molar-refractivity contribution in [3.63, 3.8) is 0 Å². The summed E-state index contributed by atoms with van der Waals surface area (Å²) in [6, 6.07) is 6.94. The highest BCUT2D eigenvalue weighted by Crippen LogP contribution is 2.28. The number of rotatable bonds is 3. The van der Waals surface area contributed by atoms with E-state index in [0.717, 1.165) is 5.69 Å². The molecule has 128 valence electrons. The van der Waals surface area contributed by atoms with Gasteiger partial charge in [0.15, 0.2) is 0 Å². The maximum Gasteiger partial charge on any atom is 0.308 e. The van der Waals surface area contributed by atoms with Crippen molar-refractivity contribution in [2.45, 2.75) is 19.3 Å². The first-order valence-electron chi connectivity index (χ1n) is 8.03. The normalized spacial score (nSPS) is 24.3. The Bertz CT molecular complexity index is 661. The maximum atomic E-state index is 12.7. The van der Waals surface area contributed by atoms with Crippen LogP contribution in [0.25, 0.3) is 0 Å². The summed E-state index contributed by atoms with van der Waals surface area (Å²) >= 11 is 5.86. The Morgan fingerprint density at radius 3 is 2.50 bits per heavy atom. The van der Waals surface area contributed by atoms with Gasteiger partial charge in [-0.15, -0.1) is 0 Å². The molecule has 0 unspecified atom stereocenters. The van der Waals surface area contributed by atoms with E-state index in [4.69, 9.17) is 16.7 Å². The van der Waals surface area contributed by atoms with Crippen molar-refractivity contribution >= 4 is 35.1 Å². The van der Waals surface area contributed by atoms with Gasteiger partial charge in [0.05, 0.1) is 11.8 Å². The van der Waals surface area contributed by atoms with Crippen LogP contribution in [0.5, 0.6) is 0 Å². The van der Waals surface area contributed by atoms with Crippen molar-refractivity contribution < 1.29 is 19.5 Å². The number of benzene rings is 1. The van der Waals surface area contributed by atoms with Gasteiger partial charge in [-0.2, -0.15) is 0 Å². The minimum atomic E-state index is -0.863. The van der Waals surface area contributed by atoms with Crippen LogP contribution in [0.4, 0.5) is 5.69 Å². The molecule has 0 saturated carbocycles. The van der Waals surface area contributed by atoms with Gasteiger partial charge in [0.2, 0.25) is 11.8 Å². The molecule has 2 atom stereocenters. The van der Waals surface area contributed by atoms with Crippen LogP contribution in [0.2, 0.25) is 5.02 Å². The van der Waals surface area contributed by atoms with Crippen LogP contribution in [0.3, 0.4) is 0 Å². The summed E-state index contributed by atoms with van der Waals surface area (Å²) < 4.78 is 0. The monoisotopic (exact) mass is 350 g/mol. The summed E-state index contributed by atoms with van der Waals surface area (Å²) in [6.07, 6.45) is 1.44. The number of aliphatic carboxylic acids is 1. The van der Waals surface area contributed by atoms with E-state index in [2.05, 4.69) is 0 Å². The van der Waals surface area contributed by atoms with Gasteiger partial charge in [-0.3, -0.25) is 14.4 Å². The van der Waals surface area contributed by atoms with Gasteiger partial charge in [0.25, 0.3) is 0 Å². The second-order valence-corrected chi connectivity index (χ2v) is 6.78. The number of carbonyl (C=O) groups excluding carboxylic acids is 2. The van der Waals surface area contributed by atoms with E-state index in [1.807, 2.05) is 0 Å². The highest BCUT2D eigenvalue weighted by molar-refractivity contribution is 6.30. The summed E-state index contributed by atoms with van der Waals surface area (Å²) in [5, 5.41) is 9.74. The van der Waals surface area contributed by atoms with Crippen LogP contribution in [0.1, 0.15) is 19.3 Å². The molecule has 6 nitrogen and oxygen atoms in total.